The van der Waals surface area contributed by atoms with Crippen LogP contribution in [0.5, 0.6) is 0 Å². The Kier molecular flexibility index (Phi) is 14.9. The molecule has 3 heterocycles. The van der Waals surface area contributed by atoms with Crippen LogP contribution >= 0.6 is 23.4 Å². The number of benzene rings is 5. The van der Waals surface area contributed by atoms with Crippen LogP contribution in [0.1, 0.15) is 54.1 Å². The number of nitro benzene ring substituents is 1. The van der Waals surface area contributed by atoms with E-state index in [4.69, 9.17) is 11.6 Å². The van der Waals surface area contributed by atoms with Gasteiger partial charge >= 0.3 is 0 Å². The van der Waals surface area contributed by atoms with Gasteiger partial charge in [-0.1, -0.05) is 73.1 Å². The zero-order valence-corrected chi connectivity index (χ0v) is 38.5. The van der Waals surface area contributed by atoms with Crippen LogP contribution in [0, 0.1) is 10.1 Å². The number of rotatable bonds is 17. The van der Waals surface area contributed by atoms with Crippen molar-refractivity contribution >= 4 is 56.4 Å². The molecule has 0 aliphatic carbocycles. The van der Waals surface area contributed by atoms with Gasteiger partial charge in [-0.05, 0) is 129 Å². The van der Waals surface area contributed by atoms with Crippen LogP contribution in [0.4, 0.5) is 17.1 Å². The van der Waals surface area contributed by atoms with Gasteiger partial charge in [-0.3, -0.25) is 19.8 Å². The Labute approximate surface area is 386 Å². The van der Waals surface area contributed by atoms with Gasteiger partial charge in [0, 0.05) is 83.8 Å². The van der Waals surface area contributed by atoms with Crippen molar-refractivity contribution < 1.29 is 18.1 Å². The van der Waals surface area contributed by atoms with Crippen LogP contribution < -0.4 is 20.3 Å². The lowest BCUT2D eigenvalue weighted by molar-refractivity contribution is -0.384. The van der Waals surface area contributed by atoms with Crippen molar-refractivity contribution in [1.29, 1.82) is 0 Å². The number of hydrogen-bond donors (Lipinski definition) is 3. The summed E-state index contributed by atoms with van der Waals surface area (Å²) in [5, 5.41) is 20.1. The summed E-state index contributed by atoms with van der Waals surface area (Å²) < 4.78 is 29.5. The molecule has 2 fully saturated rings. The Morgan fingerprint density at radius 2 is 1.66 bits per heavy atom. The number of thioether (sulfide) groups is 1. The predicted octanol–water partition coefficient (Wildman–Crippen LogP) is 8.71. The number of piperidine rings is 1. The highest BCUT2D eigenvalue weighted by molar-refractivity contribution is 7.99. The third-order valence-corrected chi connectivity index (χ3v) is 15.4. The molecule has 3 N–H and O–H groups in total. The lowest BCUT2D eigenvalue weighted by Crippen LogP contribution is -2.54. The molecular formula is C49H56ClN7O5S2. The van der Waals surface area contributed by atoms with Crippen molar-refractivity contribution in [2.75, 3.05) is 61.8 Å². The van der Waals surface area contributed by atoms with Gasteiger partial charge in [0.15, 0.2) is 0 Å². The van der Waals surface area contributed by atoms with Gasteiger partial charge in [-0.15, -0.1) is 11.8 Å². The van der Waals surface area contributed by atoms with Gasteiger partial charge in [-0.25, -0.2) is 13.1 Å². The smallest absolute Gasteiger partial charge is 0.293 e. The number of halogens is 1. The summed E-state index contributed by atoms with van der Waals surface area (Å²) >= 11 is 7.84. The molecule has 8 rings (SSSR count). The molecule has 0 spiro atoms. The van der Waals surface area contributed by atoms with Gasteiger partial charge in [-0.2, -0.15) is 0 Å². The number of nitrogens with zero attached hydrogens (tertiary/aromatic N) is 4. The molecule has 5 aromatic rings. The van der Waals surface area contributed by atoms with Gasteiger partial charge in [0.25, 0.3) is 21.6 Å². The topological polar surface area (TPSA) is 140 Å². The van der Waals surface area contributed by atoms with E-state index in [0.29, 0.717) is 22.9 Å². The summed E-state index contributed by atoms with van der Waals surface area (Å²) in [6.07, 6.45) is 4.56. The summed E-state index contributed by atoms with van der Waals surface area (Å²) in [4.78, 5) is 33.5. The van der Waals surface area contributed by atoms with Crippen molar-refractivity contribution in [1.82, 2.24) is 19.8 Å². The fourth-order valence-electron chi connectivity index (χ4n) is 9.28. The van der Waals surface area contributed by atoms with Crippen LogP contribution in [0.2, 0.25) is 5.02 Å². The molecule has 12 nitrogen and oxygen atoms in total. The Morgan fingerprint density at radius 3 is 2.42 bits per heavy atom. The number of carbonyl (C=O) groups excluding carboxylic acids is 1. The molecule has 15 heteroatoms. The van der Waals surface area contributed by atoms with Crippen molar-refractivity contribution in [2.45, 2.75) is 73.5 Å². The Morgan fingerprint density at radius 1 is 0.891 bits per heavy atom. The number of hydrogen-bond acceptors (Lipinski definition) is 11. The second-order valence-corrected chi connectivity index (χ2v) is 20.1. The van der Waals surface area contributed by atoms with Crippen LogP contribution in [-0.4, -0.2) is 98.7 Å². The molecular weight excluding hydrogens is 866 g/mol. The highest BCUT2D eigenvalue weighted by atomic mass is 35.5. The predicted molar refractivity (Wildman–Crippen MR) is 258 cm³/mol. The van der Waals surface area contributed by atoms with Crippen molar-refractivity contribution in [3.8, 4) is 11.1 Å². The van der Waals surface area contributed by atoms with E-state index in [9.17, 15) is 23.3 Å². The third-order valence-electron chi connectivity index (χ3n) is 12.7. The quantitative estimate of drug-likeness (QED) is 0.0469. The number of piperazine rings is 1. The van der Waals surface area contributed by atoms with E-state index in [-0.39, 0.29) is 27.9 Å². The molecule has 0 bridgehead atoms. The van der Waals surface area contributed by atoms with E-state index in [0.717, 1.165) is 112 Å². The number of likely N-dealkylation sites (tertiary alicyclic amines) is 1. The van der Waals surface area contributed by atoms with E-state index >= 15 is 0 Å². The zero-order chi connectivity index (χ0) is 44.6. The average Bonchev–Trinajstić information content (AvgIpc) is 3.30. The maximum atomic E-state index is 13.7. The van der Waals surface area contributed by atoms with Crippen LogP contribution in [-0.2, 0) is 23.0 Å². The van der Waals surface area contributed by atoms with Crippen molar-refractivity contribution in [3.05, 3.63) is 147 Å². The molecule has 3 aliphatic rings. The number of amides is 1. The van der Waals surface area contributed by atoms with Crippen molar-refractivity contribution in [2.24, 2.45) is 0 Å². The Hall–Kier alpha value is -4.96. The van der Waals surface area contributed by atoms with E-state index in [1.165, 1.54) is 23.3 Å². The van der Waals surface area contributed by atoms with E-state index in [1.807, 2.05) is 48.5 Å². The summed E-state index contributed by atoms with van der Waals surface area (Å²) in [5.41, 5.74) is 5.74. The maximum absolute atomic E-state index is 13.7. The molecule has 0 radical (unpaired) electrons. The molecule has 336 valence electrons. The third kappa shape index (κ3) is 11.3. The minimum atomic E-state index is -4.45. The van der Waals surface area contributed by atoms with Crippen LogP contribution in [0.25, 0.3) is 11.1 Å². The lowest BCUT2D eigenvalue weighted by atomic mass is 9.92. The highest BCUT2D eigenvalue weighted by Crippen LogP contribution is 2.35. The summed E-state index contributed by atoms with van der Waals surface area (Å²) in [6, 6.07) is 36.3. The lowest BCUT2D eigenvalue weighted by Gasteiger charge is -2.46. The molecule has 2 atom stereocenters. The summed E-state index contributed by atoms with van der Waals surface area (Å²) in [6.45, 7) is 9.32. The van der Waals surface area contributed by atoms with Gasteiger partial charge in [0.1, 0.15) is 5.69 Å². The molecule has 0 unspecified atom stereocenters. The first-order valence-corrected chi connectivity index (χ1v) is 25.1. The first kappa shape index (κ1) is 45.6. The number of anilines is 2. The number of aryl methyl sites for hydroxylation is 1. The first-order valence-electron chi connectivity index (χ1n) is 22.2. The minimum absolute atomic E-state index is 0.135. The highest BCUT2D eigenvalue weighted by Gasteiger charge is 2.33. The first-order chi connectivity index (χ1) is 31.0. The van der Waals surface area contributed by atoms with Crippen LogP contribution in [0.15, 0.2) is 125 Å². The number of sulfonamides is 1. The van der Waals surface area contributed by atoms with E-state index in [2.05, 4.69) is 73.4 Å². The van der Waals surface area contributed by atoms with Crippen LogP contribution in [0.3, 0.4) is 0 Å². The van der Waals surface area contributed by atoms with E-state index < -0.39 is 20.9 Å². The standard InChI is InChI=1S/C49H56ClN7O5S2/c1-2-51-40-22-25-54(26-23-40)27-24-41(34-63-43-9-4-3-5-10-43)52-46-20-19-44(31-48(46)57(59)60)64(61,62)53-49(58)37-15-21-47-36(30-37)14-18-42-33-55(28-29-56(42)47)32-38-8-6-7-11-45(38)35-12-16-39(50)17-13-35/h3-13,15-17,19-21,30-31,40-42,51-52H,2,14,18,22-29,32-34H2,1H3,(H,53,58)/t41-,42-/m1/s1. The molecule has 3 aliphatic heterocycles. The van der Waals surface area contributed by atoms with Crippen molar-refractivity contribution in [3.63, 3.8) is 0 Å². The summed E-state index contributed by atoms with van der Waals surface area (Å²) in [5.74, 6) is -0.129. The number of fused-ring (bicyclic) bond motifs is 3. The van der Waals surface area contributed by atoms with Gasteiger partial charge in [0.2, 0.25) is 0 Å². The van der Waals surface area contributed by atoms with Gasteiger partial charge < -0.3 is 20.4 Å². The molecule has 1 amide bonds. The van der Waals surface area contributed by atoms with Gasteiger partial charge in [0.05, 0.1) is 9.82 Å². The number of carbonyl (C=O) groups is 1. The fourth-order valence-corrected chi connectivity index (χ4v) is 11.4. The Balaban J connectivity index is 0.906. The summed E-state index contributed by atoms with van der Waals surface area (Å²) in [7, 11) is -4.45. The fraction of sp³-hybridized carbons (Fsp3) is 0.367. The zero-order valence-electron chi connectivity index (χ0n) is 36.1. The molecule has 5 aromatic carbocycles. The maximum Gasteiger partial charge on any atom is 0.293 e. The Bertz CT molecular complexity index is 2520. The largest absolute Gasteiger partial charge is 0.376 e. The molecule has 0 aromatic heterocycles. The van der Waals surface area contributed by atoms with E-state index in [1.54, 1.807) is 23.9 Å². The molecule has 64 heavy (non-hydrogen) atoms. The number of nitro groups is 1. The normalized spacial score (nSPS) is 17.6. The average molecular weight is 923 g/mol. The monoisotopic (exact) mass is 921 g/mol. The number of nitrogens with one attached hydrogen (secondary N) is 3. The minimum Gasteiger partial charge on any atom is -0.376 e. The second-order valence-electron chi connectivity index (χ2n) is 16.9. The SMILES string of the molecule is CCNC1CCN(CC[C@H](CSc2ccccc2)Nc2ccc(S(=O)(=O)NC(=O)c3ccc4c(c3)CC[C@@H]3CN(Cc5ccccc5-c5ccc(Cl)cc5)CCN43)cc2[N+](=O)[O-])CC1. The molecule has 2 saturated heterocycles. The molecule has 0 saturated carbocycles. The second kappa shape index (κ2) is 20.9.